The van der Waals surface area contributed by atoms with Gasteiger partial charge in [0.05, 0.1) is 42.2 Å². The van der Waals surface area contributed by atoms with Crippen LogP contribution >= 0.6 is 0 Å². The molecule has 2 aromatic carbocycles. The summed E-state index contributed by atoms with van der Waals surface area (Å²) >= 11 is 0. The van der Waals surface area contributed by atoms with Crippen molar-refractivity contribution in [2.24, 2.45) is 0 Å². The van der Waals surface area contributed by atoms with Gasteiger partial charge in [-0.25, -0.2) is 9.78 Å². The van der Waals surface area contributed by atoms with Crippen molar-refractivity contribution in [3.63, 3.8) is 0 Å². The topological polar surface area (TPSA) is 57.7 Å². The lowest BCUT2D eigenvalue weighted by Gasteiger charge is -2.18. The summed E-state index contributed by atoms with van der Waals surface area (Å²) in [6.07, 6.45) is -4.66. The molecule has 0 N–H and O–H groups in total. The maximum atomic E-state index is 13.3. The zero-order chi connectivity index (χ0) is 23.6. The number of hydrogen-bond donors (Lipinski definition) is 0. The van der Waals surface area contributed by atoms with Crippen LogP contribution in [-0.4, -0.2) is 30.8 Å². The van der Waals surface area contributed by atoms with E-state index in [1.807, 2.05) is 20.8 Å². The van der Waals surface area contributed by atoms with E-state index in [0.29, 0.717) is 34.6 Å². The van der Waals surface area contributed by atoms with Crippen molar-refractivity contribution in [3.8, 4) is 22.8 Å². The molecule has 3 rings (SSSR count). The molecule has 0 aliphatic carbocycles. The molecule has 0 fully saturated rings. The number of pyridine rings is 1. The number of ether oxygens (including phenoxy) is 3. The molecule has 0 amide bonds. The molecule has 0 saturated carbocycles. The second-order valence-electron chi connectivity index (χ2n) is 7.45. The fourth-order valence-electron chi connectivity index (χ4n) is 3.47. The summed E-state index contributed by atoms with van der Waals surface area (Å²) in [5.41, 5.74) is 0.688. The van der Waals surface area contributed by atoms with Crippen LogP contribution in [0.5, 0.6) is 11.5 Å². The van der Waals surface area contributed by atoms with E-state index in [4.69, 9.17) is 14.2 Å². The van der Waals surface area contributed by atoms with Crippen LogP contribution in [0.2, 0.25) is 0 Å². The van der Waals surface area contributed by atoms with E-state index in [1.165, 1.54) is 19.2 Å². The van der Waals surface area contributed by atoms with E-state index in [2.05, 4.69) is 4.98 Å². The number of rotatable bonds is 6. The third kappa shape index (κ3) is 4.64. The Morgan fingerprint density at radius 2 is 1.84 bits per heavy atom. The largest absolute Gasteiger partial charge is 0.490 e. The first-order chi connectivity index (χ1) is 15.1. The standard InChI is InChI=1S/C24H24F3NO4/c1-6-31-19-11-17-18(12-20(19)32-13(2)3)28-22(14(4)21(17)23(29)30-5)15-8-7-9-16(10-15)24(25,26)27/h7-13H,6H2,1-5H3. The lowest BCUT2D eigenvalue weighted by atomic mass is 9.96. The van der Waals surface area contributed by atoms with Crippen LogP contribution in [0.15, 0.2) is 36.4 Å². The maximum Gasteiger partial charge on any atom is 0.416 e. The molecular formula is C24H24F3NO4. The van der Waals surface area contributed by atoms with Crippen LogP contribution in [0, 0.1) is 6.92 Å². The average molecular weight is 447 g/mol. The number of alkyl halides is 3. The van der Waals surface area contributed by atoms with Crippen molar-refractivity contribution in [1.82, 2.24) is 4.98 Å². The number of nitrogens with zero attached hydrogens (tertiary/aromatic N) is 1. The van der Waals surface area contributed by atoms with Gasteiger partial charge in [-0.05, 0) is 51.5 Å². The highest BCUT2D eigenvalue weighted by Gasteiger charge is 2.31. The van der Waals surface area contributed by atoms with E-state index < -0.39 is 17.7 Å². The number of esters is 1. The number of halogens is 3. The van der Waals surface area contributed by atoms with Crippen LogP contribution in [0.25, 0.3) is 22.2 Å². The predicted molar refractivity (Wildman–Crippen MR) is 115 cm³/mol. The first-order valence-electron chi connectivity index (χ1n) is 10.1. The number of methoxy groups -OCH3 is 1. The fraction of sp³-hybridized carbons (Fsp3) is 0.333. The summed E-state index contributed by atoms with van der Waals surface area (Å²) in [4.78, 5) is 17.3. The predicted octanol–water partition coefficient (Wildman–Crippen LogP) is 6.20. The molecule has 0 aliphatic heterocycles. The van der Waals surface area contributed by atoms with E-state index >= 15 is 0 Å². The quantitative estimate of drug-likeness (QED) is 0.421. The molecule has 0 aliphatic rings. The number of hydrogen-bond acceptors (Lipinski definition) is 5. The molecule has 32 heavy (non-hydrogen) atoms. The second kappa shape index (κ2) is 9.06. The van der Waals surface area contributed by atoms with Crippen molar-refractivity contribution in [3.05, 3.63) is 53.1 Å². The minimum Gasteiger partial charge on any atom is -0.490 e. The van der Waals surface area contributed by atoms with Gasteiger partial charge in [0.1, 0.15) is 0 Å². The van der Waals surface area contributed by atoms with Gasteiger partial charge in [0.25, 0.3) is 0 Å². The van der Waals surface area contributed by atoms with Crippen molar-refractivity contribution in [1.29, 1.82) is 0 Å². The number of carbonyl (C=O) groups is 1. The highest BCUT2D eigenvalue weighted by Crippen LogP contribution is 2.39. The molecule has 0 atom stereocenters. The van der Waals surface area contributed by atoms with Gasteiger partial charge in [0.15, 0.2) is 11.5 Å². The van der Waals surface area contributed by atoms with Gasteiger partial charge in [0, 0.05) is 17.0 Å². The number of fused-ring (bicyclic) bond motifs is 1. The SMILES string of the molecule is CCOc1cc2c(C(=O)OC)c(C)c(-c3cccc(C(F)(F)F)c3)nc2cc1OC(C)C. The molecule has 0 radical (unpaired) electrons. The average Bonchev–Trinajstić information content (AvgIpc) is 2.73. The van der Waals surface area contributed by atoms with Crippen LogP contribution in [0.3, 0.4) is 0 Å². The molecule has 1 aromatic heterocycles. The van der Waals surface area contributed by atoms with Crippen LogP contribution in [-0.2, 0) is 10.9 Å². The minimum absolute atomic E-state index is 0.153. The maximum absolute atomic E-state index is 13.3. The third-order valence-corrected chi connectivity index (χ3v) is 4.81. The van der Waals surface area contributed by atoms with Crippen molar-refractivity contribution < 1.29 is 32.2 Å². The molecule has 5 nitrogen and oxygen atoms in total. The molecule has 170 valence electrons. The summed E-state index contributed by atoms with van der Waals surface area (Å²) in [5.74, 6) is 0.242. The summed E-state index contributed by atoms with van der Waals surface area (Å²) in [6.45, 7) is 7.55. The van der Waals surface area contributed by atoms with Gasteiger partial charge in [-0.3, -0.25) is 0 Å². The zero-order valence-corrected chi connectivity index (χ0v) is 18.5. The van der Waals surface area contributed by atoms with E-state index in [-0.39, 0.29) is 22.9 Å². The molecule has 0 unspecified atom stereocenters. The molecular weight excluding hydrogens is 423 g/mol. The molecule has 0 bridgehead atoms. The lowest BCUT2D eigenvalue weighted by Crippen LogP contribution is -2.10. The normalized spacial score (nSPS) is 11.7. The Balaban J connectivity index is 2.35. The van der Waals surface area contributed by atoms with Crippen molar-refractivity contribution in [2.75, 3.05) is 13.7 Å². The highest BCUT2D eigenvalue weighted by molar-refractivity contribution is 6.07. The lowest BCUT2D eigenvalue weighted by molar-refractivity contribution is -0.137. The molecule has 0 saturated heterocycles. The Hall–Kier alpha value is -3.29. The van der Waals surface area contributed by atoms with E-state index in [1.54, 1.807) is 19.1 Å². The Kier molecular flexibility index (Phi) is 6.62. The third-order valence-electron chi connectivity index (χ3n) is 4.81. The smallest absolute Gasteiger partial charge is 0.416 e. The zero-order valence-electron chi connectivity index (χ0n) is 18.5. The summed E-state index contributed by atoms with van der Waals surface area (Å²) < 4.78 is 56.3. The molecule has 0 spiro atoms. The van der Waals surface area contributed by atoms with E-state index in [9.17, 15) is 18.0 Å². The molecule has 1 heterocycles. The van der Waals surface area contributed by atoms with Crippen LogP contribution < -0.4 is 9.47 Å². The van der Waals surface area contributed by atoms with Gasteiger partial charge in [0.2, 0.25) is 0 Å². The Morgan fingerprint density at radius 3 is 2.44 bits per heavy atom. The van der Waals surface area contributed by atoms with E-state index in [0.717, 1.165) is 12.1 Å². The minimum atomic E-state index is -4.50. The van der Waals surface area contributed by atoms with Gasteiger partial charge >= 0.3 is 12.1 Å². The van der Waals surface area contributed by atoms with Gasteiger partial charge in [-0.1, -0.05) is 12.1 Å². The highest BCUT2D eigenvalue weighted by atomic mass is 19.4. The monoisotopic (exact) mass is 447 g/mol. The van der Waals surface area contributed by atoms with Gasteiger partial charge in [-0.2, -0.15) is 13.2 Å². The summed E-state index contributed by atoms with van der Waals surface area (Å²) in [5, 5.41) is 0.463. The Labute approximate surface area is 184 Å². The van der Waals surface area contributed by atoms with Crippen LogP contribution in [0.1, 0.15) is 42.3 Å². The van der Waals surface area contributed by atoms with Gasteiger partial charge in [-0.15, -0.1) is 0 Å². The van der Waals surface area contributed by atoms with Gasteiger partial charge < -0.3 is 14.2 Å². The molecule has 8 heteroatoms. The number of aromatic nitrogens is 1. The van der Waals surface area contributed by atoms with Crippen LogP contribution in [0.4, 0.5) is 13.2 Å². The van der Waals surface area contributed by atoms with Crippen molar-refractivity contribution >= 4 is 16.9 Å². The second-order valence-corrected chi connectivity index (χ2v) is 7.45. The summed E-state index contributed by atoms with van der Waals surface area (Å²) in [6, 6.07) is 8.12. The first-order valence-corrected chi connectivity index (χ1v) is 10.1. The number of carbonyl (C=O) groups excluding carboxylic acids is 1. The van der Waals surface area contributed by atoms with Crippen molar-refractivity contribution in [2.45, 2.75) is 40.0 Å². The number of benzene rings is 2. The Morgan fingerprint density at radius 1 is 1.12 bits per heavy atom. The Bertz CT molecular complexity index is 1160. The summed E-state index contributed by atoms with van der Waals surface area (Å²) in [7, 11) is 1.25. The molecule has 3 aromatic rings. The first kappa shape index (κ1) is 23.4. The fourth-order valence-corrected chi connectivity index (χ4v) is 3.47.